The van der Waals surface area contributed by atoms with Crippen molar-refractivity contribution >= 4 is 0 Å². The molecule has 2 unspecified atom stereocenters. The number of hydrogen-bond donors (Lipinski definition) is 2. The van der Waals surface area contributed by atoms with Gasteiger partial charge in [-0.1, -0.05) is 20.8 Å². The molecule has 1 saturated heterocycles. The van der Waals surface area contributed by atoms with Crippen LogP contribution in [0.3, 0.4) is 0 Å². The first-order valence-electron chi connectivity index (χ1n) is 4.89. The lowest BCUT2D eigenvalue weighted by molar-refractivity contribution is -0.307. The molecule has 0 aromatic rings. The Balaban J connectivity index is 2.63. The molecule has 1 heterocycles. The van der Waals surface area contributed by atoms with Crippen LogP contribution >= 0.6 is 0 Å². The van der Waals surface area contributed by atoms with E-state index >= 15 is 0 Å². The molecule has 5 heteroatoms. The molecule has 0 saturated carbocycles. The minimum Gasteiger partial charge on any atom is -0.344 e. The SMILES string of the molecule is C[C@H]1[C@@H](C)C(COO)OC(ON)[C@@H]1C. The zero-order valence-electron chi connectivity index (χ0n) is 8.84. The fraction of sp³-hybridized carbons (Fsp3) is 1.00. The summed E-state index contributed by atoms with van der Waals surface area (Å²) in [4.78, 5) is 8.85. The summed E-state index contributed by atoms with van der Waals surface area (Å²) in [6, 6.07) is 0. The van der Waals surface area contributed by atoms with Crippen LogP contribution in [-0.2, 0) is 14.5 Å². The second-order valence-electron chi connectivity index (χ2n) is 4.05. The quantitative estimate of drug-likeness (QED) is 0.531. The molecule has 3 N–H and O–H groups in total. The van der Waals surface area contributed by atoms with E-state index in [0.29, 0.717) is 11.8 Å². The van der Waals surface area contributed by atoms with Crippen LogP contribution < -0.4 is 5.90 Å². The predicted molar refractivity (Wildman–Crippen MR) is 50.0 cm³/mol. The van der Waals surface area contributed by atoms with Crippen molar-refractivity contribution in [2.45, 2.75) is 33.2 Å². The van der Waals surface area contributed by atoms with Crippen LogP contribution in [0.15, 0.2) is 0 Å². The van der Waals surface area contributed by atoms with E-state index in [4.69, 9.17) is 20.7 Å². The van der Waals surface area contributed by atoms with Gasteiger partial charge in [0.2, 0.25) is 0 Å². The molecule has 0 aromatic heterocycles. The van der Waals surface area contributed by atoms with E-state index in [1.165, 1.54) is 0 Å². The van der Waals surface area contributed by atoms with Gasteiger partial charge in [-0.3, -0.25) is 10.1 Å². The highest BCUT2D eigenvalue weighted by molar-refractivity contribution is 4.82. The molecule has 0 aliphatic carbocycles. The summed E-state index contributed by atoms with van der Waals surface area (Å²) in [6.45, 7) is 6.37. The Morgan fingerprint density at radius 2 is 1.86 bits per heavy atom. The maximum Gasteiger partial charge on any atom is 0.180 e. The average molecular weight is 205 g/mol. The van der Waals surface area contributed by atoms with E-state index in [-0.39, 0.29) is 18.6 Å². The zero-order chi connectivity index (χ0) is 10.7. The third-order valence-electron chi connectivity index (χ3n) is 3.36. The van der Waals surface area contributed by atoms with Gasteiger partial charge in [-0.25, -0.2) is 10.8 Å². The smallest absolute Gasteiger partial charge is 0.180 e. The van der Waals surface area contributed by atoms with E-state index in [0.717, 1.165) is 0 Å². The lowest BCUT2D eigenvalue weighted by Crippen LogP contribution is -2.48. The van der Waals surface area contributed by atoms with Gasteiger partial charge in [0, 0.05) is 5.92 Å². The maximum absolute atomic E-state index is 8.40. The molecule has 0 bridgehead atoms. The molecule has 84 valence electrons. The summed E-state index contributed by atoms with van der Waals surface area (Å²) in [5, 5.41) is 8.40. The fourth-order valence-corrected chi connectivity index (χ4v) is 1.91. The molecule has 1 fully saturated rings. The van der Waals surface area contributed by atoms with E-state index in [2.05, 4.69) is 18.7 Å². The molecule has 5 nitrogen and oxygen atoms in total. The van der Waals surface area contributed by atoms with Crippen molar-refractivity contribution in [3.63, 3.8) is 0 Å². The highest BCUT2D eigenvalue weighted by Crippen LogP contribution is 2.34. The Morgan fingerprint density at radius 1 is 1.21 bits per heavy atom. The van der Waals surface area contributed by atoms with Gasteiger partial charge in [-0.05, 0) is 11.8 Å². The summed E-state index contributed by atoms with van der Waals surface area (Å²) >= 11 is 0. The zero-order valence-corrected chi connectivity index (χ0v) is 8.84. The second kappa shape index (κ2) is 5.04. The van der Waals surface area contributed by atoms with Crippen molar-refractivity contribution in [3.8, 4) is 0 Å². The minimum atomic E-state index is -0.415. The number of rotatable bonds is 3. The van der Waals surface area contributed by atoms with Crippen molar-refractivity contribution in [2.75, 3.05) is 6.61 Å². The summed E-state index contributed by atoms with van der Waals surface area (Å²) in [5.74, 6) is 6.10. The molecule has 0 amide bonds. The molecule has 0 aromatic carbocycles. The van der Waals surface area contributed by atoms with Gasteiger partial charge in [0.05, 0.1) is 6.10 Å². The van der Waals surface area contributed by atoms with E-state index in [1.54, 1.807) is 0 Å². The number of hydrogen-bond acceptors (Lipinski definition) is 5. The van der Waals surface area contributed by atoms with Crippen LogP contribution in [0.1, 0.15) is 20.8 Å². The highest BCUT2D eigenvalue weighted by atomic mass is 17.1. The van der Waals surface area contributed by atoms with Crippen LogP contribution in [0, 0.1) is 17.8 Å². The molecule has 1 aliphatic rings. The number of ether oxygens (including phenoxy) is 1. The van der Waals surface area contributed by atoms with Gasteiger partial charge >= 0.3 is 0 Å². The molecule has 0 radical (unpaired) electrons. The fourth-order valence-electron chi connectivity index (χ4n) is 1.91. The third kappa shape index (κ3) is 2.24. The predicted octanol–water partition coefficient (Wildman–Crippen LogP) is 0.999. The first-order valence-corrected chi connectivity index (χ1v) is 4.89. The van der Waals surface area contributed by atoms with Gasteiger partial charge in [0.15, 0.2) is 6.29 Å². The molecule has 14 heavy (non-hydrogen) atoms. The lowest BCUT2D eigenvalue weighted by atomic mass is 9.79. The first kappa shape index (κ1) is 11.9. The Kier molecular flexibility index (Phi) is 4.28. The molecule has 5 atom stereocenters. The first-order chi connectivity index (χ1) is 6.61. The van der Waals surface area contributed by atoms with Crippen molar-refractivity contribution in [1.29, 1.82) is 0 Å². The Hall–Kier alpha value is -0.200. The summed E-state index contributed by atoms with van der Waals surface area (Å²) in [7, 11) is 0. The Morgan fingerprint density at radius 3 is 2.36 bits per heavy atom. The van der Waals surface area contributed by atoms with Crippen molar-refractivity contribution in [2.24, 2.45) is 23.7 Å². The van der Waals surface area contributed by atoms with E-state index in [9.17, 15) is 0 Å². The average Bonchev–Trinajstić information content (AvgIpc) is 2.19. The summed E-state index contributed by atoms with van der Waals surface area (Å²) in [5.41, 5.74) is 0. The summed E-state index contributed by atoms with van der Waals surface area (Å²) < 4.78 is 5.54. The molecule has 1 rings (SSSR count). The van der Waals surface area contributed by atoms with Gasteiger partial charge in [0.1, 0.15) is 6.61 Å². The van der Waals surface area contributed by atoms with Crippen LogP contribution in [0.5, 0.6) is 0 Å². The maximum atomic E-state index is 8.40. The second-order valence-corrected chi connectivity index (χ2v) is 4.05. The van der Waals surface area contributed by atoms with Gasteiger partial charge in [-0.2, -0.15) is 0 Å². The van der Waals surface area contributed by atoms with Gasteiger partial charge in [0.25, 0.3) is 0 Å². The van der Waals surface area contributed by atoms with E-state index in [1.807, 2.05) is 6.92 Å². The van der Waals surface area contributed by atoms with Crippen LogP contribution in [0.4, 0.5) is 0 Å². The Labute approximate surface area is 84.0 Å². The van der Waals surface area contributed by atoms with Crippen molar-refractivity contribution in [1.82, 2.24) is 0 Å². The van der Waals surface area contributed by atoms with Crippen molar-refractivity contribution < 1.29 is 19.7 Å². The third-order valence-corrected chi connectivity index (χ3v) is 3.36. The molecular formula is C9H19NO4. The molecular weight excluding hydrogens is 186 g/mol. The lowest BCUT2D eigenvalue weighted by Gasteiger charge is -2.41. The monoisotopic (exact) mass is 205 g/mol. The minimum absolute atomic E-state index is 0.151. The van der Waals surface area contributed by atoms with Crippen molar-refractivity contribution in [3.05, 3.63) is 0 Å². The molecule has 0 spiro atoms. The number of nitrogens with two attached hydrogens (primary N) is 1. The Bertz CT molecular complexity index is 174. The topological polar surface area (TPSA) is 73.9 Å². The largest absolute Gasteiger partial charge is 0.344 e. The van der Waals surface area contributed by atoms with Crippen LogP contribution in [-0.4, -0.2) is 24.3 Å². The highest BCUT2D eigenvalue weighted by Gasteiger charge is 2.39. The van der Waals surface area contributed by atoms with E-state index < -0.39 is 6.29 Å². The van der Waals surface area contributed by atoms with Crippen LogP contribution in [0.2, 0.25) is 0 Å². The normalized spacial score (nSPS) is 43.9. The van der Waals surface area contributed by atoms with Gasteiger partial charge in [-0.15, -0.1) is 0 Å². The standard InChI is InChI=1S/C9H19NO4/c1-5-6(2)8(4-12-11)13-9(14-10)7(5)3/h5-9,11H,4,10H2,1-3H3/t5-,6+,7+,8?,9?/m0/s1. The van der Waals surface area contributed by atoms with Gasteiger partial charge < -0.3 is 4.74 Å². The molecule has 1 aliphatic heterocycles. The summed E-state index contributed by atoms with van der Waals surface area (Å²) in [6.07, 6.45) is -0.582. The van der Waals surface area contributed by atoms with Crippen LogP contribution in [0.25, 0.3) is 0 Å².